The van der Waals surface area contributed by atoms with Crippen LogP contribution in [0.3, 0.4) is 0 Å². The summed E-state index contributed by atoms with van der Waals surface area (Å²) in [5.74, 6) is -0.526. The van der Waals surface area contributed by atoms with Gasteiger partial charge in [0.25, 0.3) is 0 Å². The smallest absolute Gasteiger partial charge is 0.239 e. The first-order valence-corrected chi connectivity index (χ1v) is 6.32. The molecule has 1 rings (SSSR count). The molecule has 0 aliphatic carbocycles. The van der Waals surface area contributed by atoms with Crippen molar-refractivity contribution in [3.05, 3.63) is 29.6 Å². The van der Waals surface area contributed by atoms with Gasteiger partial charge in [-0.2, -0.15) is 0 Å². The van der Waals surface area contributed by atoms with Gasteiger partial charge in [0, 0.05) is 24.3 Å². The second kappa shape index (κ2) is 6.47. The lowest BCUT2D eigenvalue weighted by atomic mass is 10.1. The molecule has 0 radical (unpaired) electrons. The minimum absolute atomic E-state index is 0.0733. The van der Waals surface area contributed by atoms with E-state index in [1.165, 1.54) is 12.1 Å². The Labute approximate surface area is 117 Å². The van der Waals surface area contributed by atoms with Gasteiger partial charge < -0.3 is 16.0 Å². The van der Waals surface area contributed by atoms with Crippen LogP contribution in [0.25, 0.3) is 0 Å². The molecular formula is C13H18FN3OS. The molecule has 1 aromatic rings. The summed E-state index contributed by atoms with van der Waals surface area (Å²) < 4.78 is 13.2. The summed E-state index contributed by atoms with van der Waals surface area (Å²) in [5, 5.41) is 2.78. The molecule has 0 bridgehead atoms. The van der Waals surface area contributed by atoms with Crippen molar-refractivity contribution in [2.45, 2.75) is 19.9 Å². The van der Waals surface area contributed by atoms with Crippen LogP contribution in [0.4, 0.5) is 10.1 Å². The van der Waals surface area contributed by atoms with Gasteiger partial charge in [0.2, 0.25) is 5.91 Å². The molecule has 3 N–H and O–H groups in total. The second-order valence-electron chi connectivity index (χ2n) is 4.60. The first-order valence-electron chi connectivity index (χ1n) is 5.91. The Hall–Kier alpha value is -1.69. The SMILES string of the molecule is CC(C)NC(=O)CN(C)c1ccc(F)cc1C(N)=S. The molecule has 104 valence electrons. The lowest BCUT2D eigenvalue weighted by Gasteiger charge is -2.22. The molecule has 0 fully saturated rings. The van der Waals surface area contributed by atoms with Gasteiger partial charge in [0.05, 0.1) is 6.54 Å². The van der Waals surface area contributed by atoms with Crippen molar-refractivity contribution in [2.24, 2.45) is 5.73 Å². The van der Waals surface area contributed by atoms with E-state index in [0.717, 1.165) is 0 Å². The normalized spacial score (nSPS) is 10.4. The third-order valence-corrected chi connectivity index (χ3v) is 2.69. The van der Waals surface area contributed by atoms with E-state index in [-0.39, 0.29) is 23.5 Å². The quantitative estimate of drug-likeness (QED) is 0.803. The molecule has 1 amide bonds. The number of nitrogens with two attached hydrogens (primary N) is 1. The maximum Gasteiger partial charge on any atom is 0.239 e. The number of rotatable bonds is 5. The zero-order valence-corrected chi connectivity index (χ0v) is 12.1. The highest BCUT2D eigenvalue weighted by molar-refractivity contribution is 7.80. The number of halogens is 1. The van der Waals surface area contributed by atoms with Crippen molar-refractivity contribution in [3.8, 4) is 0 Å². The number of hydrogen-bond acceptors (Lipinski definition) is 3. The number of nitrogens with one attached hydrogen (secondary N) is 1. The number of amides is 1. The Morgan fingerprint density at radius 1 is 1.53 bits per heavy atom. The number of carbonyl (C=O) groups is 1. The van der Waals surface area contributed by atoms with Crippen LogP contribution in [0.2, 0.25) is 0 Å². The third kappa shape index (κ3) is 4.48. The maximum atomic E-state index is 13.2. The molecular weight excluding hydrogens is 265 g/mol. The van der Waals surface area contributed by atoms with Gasteiger partial charge in [-0.05, 0) is 32.0 Å². The van der Waals surface area contributed by atoms with Crippen LogP contribution >= 0.6 is 12.2 Å². The van der Waals surface area contributed by atoms with E-state index in [1.807, 2.05) is 13.8 Å². The van der Waals surface area contributed by atoms with E-state index in [9.17, 15) is 9.18 Å². The molecule has 0 aliphatic heterocycles. The summed E-state index contributed by atoms with van der Waals surface area (Å²) in [6.07, 6.45) is 0. The van der Waals surface area contributed by atoms with Gasteiger partial charge in [-0.25, -0.2) is 4.39 Å². The van der Waals surface area contributed by atoms with Gasteiger partial charge in [0.1, 0.15) is 10.8 Å². The number of hydrogen-bond donors (Lipinski definition) is 2. The standard InChI is InChI=1S/C13H18FN3OS/c1-8(2)16-12(18)7-17(3)11-5-4-9(14)6-10(11)13(15)19/h4-6,8H,7H2,1-3H3,(H2,15,19)(H,16,18). The highest BCUT2D eigenvalue weighted by Crippen LogP contribution is 2.20. The van der Waals surface area contributed by atoms with E-state index >= 15 is 0 Å². The topological polar surface area (TPSA) is 58.4 Å². The van der Waals surface area contributed by atoms with Crippen LogP contribution in [0.15, 0.2) is 18.2 Å². The first kappa shape index (κ1) is 15.4. The van der Waals surface area contributed by atoms with Crippen molar-refractivity contribution in [1.29, 1.82) is 0 Å². The number of benzene rings is 1. The van der Waals surface area contributed by atoms with Crippen LogP contribution in [-0.2, 0) is 4.79 Å². The van der Waals surface area contributed by atoms with Crippen molar-refractivity contribution in [3.63, 3.8) is 0 Å². The fraction of sp³-hybridized carbons (Fsp3) is 0.385. The number of anilines is 1. The summed E-state index contributed by atoms with van der Waals surface area (Å²) in [5.41, 5.74) is 6.63. The van der Waals surface area contributed by atoms with Crippen LogP contribution in [0.5, 0.6) is 0 Å². The highest BCUT2D eigenvalue weighted by atomic mass is 32.1. The third-order valence-electron chi connectivity index (χ3n) is 2.47. The highest BCUT2D eigenvalue weighted by Gasteiger charge is 2.14. The van der Waals surface area contributed by atoms with Gasteiger partial charge in [0.15, 0.2) is 0 Å². The van der Waals surface area contributed by atoms with E-state index in [1.54, 1.807) is 18.0 Å². The Bertz CT molecular complexity index is 491. The molecule has 19 heavy (non-hydrogen) atoms. The van der Waals surface area contributed by atoms with Gasteiger partial charge in [-0.15, -0.1) is 0 Å². The molecule has 0 aliphatic rings. The van der Waals surface area contributed by atoms with E-state index in [0.29, 0.717) is 11.3 Å². The maximum absolute atomic E-state index is 13.2. The first-order chi connectivity index (χ1) is 8.81. The number of nitrogens with zero attached hydrogens (tertiary/aromatic N) is 1. The average Bonchev–Trinajstić information content (AvgIpc) is 2.27. The minimum atomic E-state index is -0.411. The lowest BCUT2D eigenvalue weighted by molar-refractivity contribution is -0.120. The molecule has 0 heterocycles. The molecule has 0 unspecified atom stereocenters. The second-order valence-corrected chi connectivity index (χ2v) is 5.04. The fourth-order valence-corrected chi connectivity index (χ4v) is 1.87. The number of carbonyl (C=O) groups excluding carboxylic acids is 1. The molecule has 0 spiro atoms. The van der Waals surface area contributed by atoms with Gasteiger partial charge >= 0.3 is 0 Å². The number of likely N-dealkylation sites (N-methyl/N-ethyl adjacent to an activating group) is 1. The summed E-state index contributed by atoms with van der Waals surface area (Å²) in [6.45, 7) is 3.92. The van der Waals surface area contributed by atoms with E-state index in [2.05, 4.69) is 5.32 Å². The van der Waals surface area contributed by atoms with Crippen molar-refractivity contribution >= 4 is 28.8 Å². The Morgan fingerprint density at radius 3 is 2.68 bits per heavy atom. The van der Waals surface area contributed by atoms with Crippen molar-refractivity contribution in [1.82, 2.24) is 5.32 Å². The van der Waals surface area contributed by atoms with Crippen LogP contribution in [0, 0.1) is 5.82 Å². The largest absolute Gasteiger partial charge is 0.389 e. The van der Waals surface area contributed by atoms with Crippen molar-refractivity contribution in [2.75, 3.05) is 18.5 Å². The Balaban J connectivity index is 2.90. The fourth-order valence-electron chi connectivity index (χ4n) is 1.71. The summed E-state index contributed by atoms with van der Waals surface area (Å²) >= 11 is 4.90. The molecule has 0 atom stereocenters. The number of thiocarbonyl (C=S) groups is 1. The zero-order valence-electron chi connectivity index (χ0n) is 11.2. The summed E-state index contributed by atoms with van der Waals surface area (Å²) in [4.78, 5) is 13.5. The van der Waals surface area contributed by atoms with Crippen LogP contribution in [-0.4, -0.2) is 30.5 Å². The molecule has 0 aromatic heterocycles. The van der Waals surface area contributed by atoms with Gasteiger partial charge in [-0.3, -0.25) is 4.79 Å². The molecule has 0 saturated heterocycles. The minimum Gasteiger partial charge on any atom is -0.389 e. The van der Waals surface area contributed by atoms with Crippen LogP contribution in [0.1, 0.15) is 19.4 Å². The molecule has 4 nitrogen and oxygen atoms in total. The predicted molar refractivity (Wildman–Crippen MR) is 78.8 cm³/mol. The van der Waals surface area contributed by atoms with Gasteiger partial charge in [-0.1, -0.05) is 12.2 Å². The van der Waals surface area contributed by atoms with E-state index < -0.39 is 5.82 Å². The lowest BCUT2D eigenvalue weighted by Crippen LogP contribution is -2.39. The van der Waals surface area contributed by atoms with Crippen molar-refractivity contribution < 1.29 is 9.18 Å². The monoisotopic (exact) mass is 283 g/mol. The summed E-state index contributed by atoms with van der Waals surface area (Å²) in [6, 6.07) is 4.22. The molecule has 1 aromatic carbocycles. The summed E-state index contributed by atoms with van der Waals surface area (Å²) in [7, 11) is 1.73. The van der Waals surface area contributed by atoms with Crippen LogP contribution < -0.4 is 16.0 Å². The predicted octanol–water partition coefficient (Wildman–Crippen LogP) is 1.42. The average molecular weight is 283 g/mol. The Morgan fingerprint density at radius 2 is 2.16 bits per heavy atom. The molecule has 6 heteroatoms. The molecule has 0 saturated carbocycles. The zero-order chi connectivity index (χ0) is 14.6. The Kier molecular flexibility index (Phi) is 5.23. The van der Waals surface area contributed by atoms with E-state index in [4.69, 9.17) is 18.0 Å².